The summed E-state index contributed by atoms with van der Waals surface area (Å²) in [7, 11) is 0. The smallest absolute Gasteiger partial charge is 0.133 e. The van der Waals surface area contributed by atoms with Crippen LogP contribution < -0.4 is 0 Å². The lowest BCUT2D eigenvalue weighted by Crippen LogP contribution is -2.54. The van der Waals surface area contributed by atoms with Gasteiger partial charge in [-0.1, -0.05) is 13.8 Å². The Labute approximate surface area is 145 Å². The zero-order valence-corrected chi connectivity index (χ0v) is 14.9. The van der Waals surface area contributed by atoms with E-state index in [4.69, 9.17) is 4.11 Å². The van der Waals surface area contributed by atoms with Crippen LogP contribution in [-0.2, 0) is 4.79 Å². The normalized spacial score (nSPS) is 63.0. The molecule has 4 saturated carbocycles. The van der Waals surface area contributed by atoms with Crippen LogP contribution in [0.1, 0.15) is 82.6 Å². The minimum Gasteiger partial charge on any atom is -0.393 e. The molecule has 4 aliphatic rings. The average molecular weight is 322 g/mol. The molecule has 0 bridgehead atoms. The Morgan fingerprint density at radius 3 is 2.61 bits per heavy atom. The molecule has 0 aliphatic heterocycles. The standard InChI is InChI=1S/C21H34O2/c1-13(22)17-6-7-18-16-5-4-14-12-15(23)8-10-20(14,2)19(16)9-11-21(17,18)3/h14-19,23H,4-12H2,1-3H3/t14-,15+,16-,17+,18-,19-,20-,21+/m0/s1/i9D2,15D. The van der Waals surface area contributed by atoms with Crippen molar-refractivity contribution in [3.05, 3.63) is 0 Å². The second kappa shape index (κ2) is 5.31. The zero-order valence-electron chi connectivity index (χ0n) is 17.9. The summed E-state index contributed by atoms with van der Waals surface area (Å²) < 4.78 is 26.2. The Morgan fingerprint density at radius 1 is 1.09 bits per heavy atom. The van der Waals surface area contributed by atoms with E-state index in [1.807, 2.05) is 0 Å². The third kappa shape index (κ3) is 2.19. The Hall–Kier alpha value is -0.370. The molecule has 0 aromatic rings. The number of aliphatic hydroxyl groups is 1. The van der Waals surface area contributed by atoms with Gasteiger partial charge in [-0.15, -0.1) is 0 Å². The van der Waals surface area contributed by atoms with Crippen LogP contribution in [0.25, 0.3) is 0 Å². The number of rotatable bonds is 1. The fourth-order valence-electron chi connectivity index (χ4n) is 7.16. The van der Waals surface area contributed by atoms with Gasteiger partial charge in [-0.25, -0.2) is 0 Å². The lowest BCUT2D eigenvalue weighted by atomic mass is 9.44. The first-order chi connectivity index (χ1) is 11.9. The van der Waals surface area contributed by atoms with Gasteiger partial charge >= 0.3 is 0 Å². The maximum absolute atomic E-state index is 12.3. The van der Waals surface area contributed by atoms with Crippen molar-refractivity contribution in [2.24, 2.45) is 40.4 Å². The van der Waals surface area contributed by atoms with Crippen molar-refractivity contribution in [3.8, 4) is 0 Å². The molecule has 4 fully saturated rings. The summed E-state index contributed by atoms with van der Waals surface area (Å²) >= 11 is 0. The Kier molecular flexibility index (Phi) is 2.98. The molecule has 23 heavy (non-hydrogen) atoms. The second-order valence-electron chi connectivity index (χ2n) is 9.43. The minimum absolute atomic E-state index is 0.00590. The predicted octanol–water partition coefficient (Wildman–Crippen LogP) is 4.60. The van der Waals surface area contributed by atoms with Crippen molar-refractivity contribution in [3.63, 3.8) is 0 Å². The van der Waals surface area contributed by atoms with Crippen molar-refractivity contribution in [1.82, 2.24) is 0 Å². The summed E-state index contributed by atoms with van der Waals surface area (Å²) in [6.45, 7) is 6.11. The first kappa shape index (κ1) is 12.9. The fourth-order valence-corrected chi connectivity index (χ4v) is 7.16. The lowest BCUT2D eigenvalue weighted by Gasteiger charge is -2.60. The number of Topliss-reactive ketones (excluding diaryl/α,β-unsaturated/α-hetero) is 1. The van der Waals surface area contributed by atoms with Crippen LogP contribution in [0.4, 0.5) is 0 Å². The molecule has 0 heterocycles. The van der Waals surface area contributed by atoms with Crippen LogP contribution in [0.5, 0.6) is 0 Å². The van der Waals surface area contributed by atoms with Crippen molar-refractivity contribution in [1.29, 1.82) is 0 Å². The summed E-state index contributed by atoms with van der Waals surface area (Å²) in [5.41, 5.74) is -0.333. The monoisotopic (exact) mass is 321 g/mol. The first-order valence-corrected chi connectivity index (χ1v) is 9.64. The molecule has 4 aliphatic carbocycles. The fraction of sp³-hybridized carbons (Fsp3) is 0.952. The molecule has 2 heteroatoms. The van der Waals surface area contributed by atoms with Gasteiger partial charge in [-0.3, -0.25) is 4.79 Å². The number of ketones is 1. The van der Waals surface area contributed by atoms with E-state index in [9.17, 15) is 9.90 Å². The van der Waals surface area contributed by atoms with E-state index >= 15 is 0 Å². The van der Waals surface area contributed by atoms with E-state index in [2.05, 4.69) is 13.8 Å². The Bertz CT molecular complexity index is 618. The molecule has 2 nitrogen and oxygen atoms in total. The van der Waals surface area contributed by atoms with Gasteiger partial charge in [0.15, 0.2) is 0 Å². The molecule has 0 unspecified atom stereocenters. The van der Waals surface area contributed by atoms with Crippen molar-refractivity contribution < 1.29 is 14.0 Å². The molecule has 0 radical (unpaired) electrons. The Morgan fingerprint density at radius 2 is 1.87 bits per heavy atom. The second-order valence-corrected chi connectivity index (χ2v) is 9.43. The highest BCUT2D eigenvalue weighted by Crippen LogP contribution is 2.67. The van der Waals surface area contributed by atoms with E-state index in [1.165, 1.54) is 0 Å². The van der Waals surface area contributed by atoms with Gasteiger partial charge in [0, 0.05) is 8.66 Å². The zero-order chi connectivity index (χ0) is 19.1. The molecule has 0 amide bonds. The summed E-state index contributed by atoms with van der Waals surface area (Å²) in [5.74, 6) is 1.27. The summed E-state index contributed by atoms with van der Waals surface area (Å²) in [6, 6.07) is 0. The summed E-state index contributed by atoms with van der Waals surface area (Å²) in [6.07, 6.45) is 3.53. The minimum atomic E-state index is -1.33. The van der Waals surface area contributed by atoms with Crippen molar-refractivity contribution in [2.75, 3.05) is 0 Å². The lowest BCUT2D eigenvalue weighted by molar-refractivity contribution is -0.138. The number of carbonyl (C=O) groups excluding carboxylic acids is 1. The molecule has 4 rings (SSSR count). The summed E-state index contributed by atoms with van der Waals surface area (Å²) in [5, 5.41) is 10.3. The van der Waals surface area contributed by atoms with Gasteiger partial charge in [-0.2, -0.15) is 0 Å². The van der Waals surface area contributed by atoms with Gasteiger partial charge < -0.3 is 5.11 Å². The van der Waals surface area contributed by atoms with Crippen LogP contribution in [-0.4, -0.2) is 17.0 Å². The number of hydrogen-bond donors (Lipinski definition) is 1. The topological polar surface area (TPSA) is 37.3 Å². The molecule has 130 valence electrons. The quantitative estimate of drug-likeness (QED) is 0.766. The third-order valence-corrected chi connectivity index (χ3v) is 8.47. The van der Waals surface area contributed by atoms with Crippen LogP contribution in [0, 0.1) is 40.4 Å². The van der Waals surface area contributed by atoms with Crippen LogP contribution in [0.15, 0.2) is 0 Å². The van der Waals surface area contributed by atoms with Crippen molar-refractivity contribution >= 4 is 5.78 Å². The van der Waals surface area contributed by atoms with E-state index in [1.54, 1.807) is 6.92 Å². The van der Waals surface area contributed by atoms with Gasteiger partial charge in [0.25, 0.3) is 0 Å². The number of hydrogen-bond acceptors (Lipinski definition) is 2. The maximum Gasteiger partial charge on any atom is 0.133 e. The van der Waals surface area contributed by atoms with Gasteiger partial charge in [0.2, 0.25) is 0 Å². The van der Waals surface area contributed by atoms with E-state index in [0.29, 0.717) is 31.1 Å². The van der Waals surface area contributed by atoms with E-state index in [0.717, 1.165) is 32.1 Å². The van der Waals surface area contributed by atoms with Gasteiger partial charge in [-0.05, 0) is 99.2 Å². The summed E-state index contributed by atoms with van der Waals surface area (Å²) in [4.78, 5) is 12.3. The van der Waals surface area contributed by atoms with Gasteiger partial charge in [0.1, 0.15) is 5.78 Å². The molecule has 8 atom stereocenters. The Balaban J connectivity index is 1.72. The third-order valence-electron chi connectivity index (χ3n) is 8.47. The van der Waals surface area contributed by atoms with Crippen molar-refractivity contribution in [2.45, 2.75) is 84.6 Å². The molecule has 0 spiro atoms. The van der Waals surface area contributed by atoms with E-state index in [-0.39, 0.29) is 34.4 Å². The highest BCUT2D eigenvalue weighted by molar-refractivity contribution is 5.79. The van der Waals surface area contributed by atoms with Gasteiger partial charge in [0.05, 0.1) is 7.45 Å². The maximum atomic E-state index is 12.3. The molecule has 1 N–H and O–H groups in total. The SMILES string of the molecule is [2H]C1([2H])C[C@]2(C)[C@@H](C(C)=O)CC[C@H]2[C@@H]2CC[C@H]3C[C@]([2H])(O)CC[C@]3(C)[C@H]21. The predicted molar refractivity (Wildman–Crippen MR) is 91.9 cm³/mol. The average Bonchev–Trinajstić information content (AvgIpc) is 2.83. The van der Waals surface area contributed by atoms with Crippen LogP contribution >= 0.6 is 0 Å². The highest BCUT2D eigenvalue weighted by Gasteiger charge is 2.60. The van der Waals surface area contributed by atoms with Crippen LogP contribution in [0.2, 0.25) is 0 Å². The molecular formula is C21H34O2. The molecule has 0 saturated heterocycles. The molecule has 0 aromatic carbocycles. The highest BCUT2D eigenvalue weighted by atomic mass is 16.3. The molecular weight excluding hydrogens is 284 g/mol. The number of fused-ring (bicyclic) bond motifs is 5. The largest absolute Gasteiger partial charge is 0.393 e. The van der Waals surface area contributed by atoms with Crippen LogP contribution in [0.3, 0.4) is 0 Å². The number of carbonyl (C=O) groups is 1. The molecule has 0 aromatic heterocycles. The van der Waals surface area contributed by atoms with E-state index < -0.39 is 12.5 Å². The first-order valence-electron chi connectivity index (χ1n) is 11.1.